The summed E-state index contributed by atoms with van der Waals surface area (Å²) in [6.07, 6.45) is 2.73. The smallest absolute Gasteiger partial charge is 0.206 e. The molecule has 1 unspecified atom stereocenters. The molecule has 1 aromatic heterocycles. The normalized spacial score (nSPS) is 18.0. The van der Waals surface area contributed by atoms with Crippen LogP contribution < -0.4 is 20.2 Å². The van der Waals surface area contributed by atoms with Crippen molar-refractivity contribution in [2.75, 3.05) is 24.5 Å². The van der Waals surface area contributed by atoms with Crippen molar-refractivity contribution in [2.45, 2.75) is 38.8 Å². The molecule has 0 N–H and O–H groups in total. The van der Waals surface area contributed by atoms with E-state index in [1.165, 1.54) is 16.0 Å². The first kappa shape index (κ1) is 22.1. The minimum atomic E-state index is -1.55. The van der Waals surface area contributed by atoms with E-state index in [9.17, 15) is 29.7 Å². The molecule has 0 saturated carbocycles. The van der Waals surface area contributed by atoms with Crippen LogP contribution in [0.1, 0.15) is 25.3 Å². The monoisotopic (exact) mass is 427 g/mol. The largest absolute Gasteiger partial charge is 0.545 e. The average molecular weight is 427 g/mol. The second-order valence-electron chi connectivity index (χ2n) is 7.39. The first-order valence-corrected chi connectivity index (χ1v) is 10.1. The van der Waals surface area contributed by atoms with Gasteiger partial charge in [-0.15, -0.1) is 0 Å². The molecule has 3 heterocycles. The van der Waals surface area contributed by atoms with Gasteiger partial charge < -0.3 is 44.1 Å². The third-order valence-electron chi connectivity index (χ3n) is 5.48. The zero-order valence-corrected chi connectivity index (χ0v) is 17.2. The van der Waals surface area contributed by atoms with Gasteiger partial charge >= 0.3 is 0 Å². The van der Waals surface area contributed by atoms with Crippen LogP contribution in [0.4, 0.5) is 10.7 Å². The molecule has 1 fully saturated rings. The van der Waals surface area contributed by atoms with Gasteiger partial charge in [0.2, 0.25) is 5.95 Å². The number of carbonyl (C=O) groups excluding carboxylic acids is 3. The molecule has 0 aliphatic carbocycles. The predicted molar refractivity (Wildman–Crippen MR) is 106 cm³/mol. The van der Waals surface area contributed by atoms with Crippen molar-refractivity contribution in [3.8, 4) is 0 Å². The van der Waals surface area contributed by atoms with Gasteiger partial charge in [0.25, 0.3) is 0 Å². The summed E-state index contributed by atoms with van der Waals surface area (Å²) in [5, 5.41) is 30.1. The quantitative estimate of drug-likeness (QED) is 0.523. The summed E-state index contributed by atoms with van der Waals surface area (Å²) in [4.78, 5) is 38.6. The van der Waals surface area contributed by atoms with Crippen molar-refractivity contribution in [1.82, 2.24) is 14.5 Å². The average Bonchev–Trinajstić information content (AvgIpc) is 3.13. The third-order valence-corrected chi connectivity index (χ3v) is 5.48. The summed E-state index contributed by atoms with van der Waals surface area (Å²) in [6, 6.07) is 6.31. The highest BCUT2D eigenvalue weighted by molar-refractivity contribution is 5.87. The lowest BCUT2D eigenvalue weighted by atomic mass is 10.0. The Morgan fingerprint density at radius 2 is 1.81 bits per heavy atom. The van der Waals surface area contributed by atoms with E-state index < -0.39 is 18.0 Å². The molecular formula is C21H23N4O6-3. The second-order valence-corrected chi connectivity index (χ2v) is 7.39. The summed E-state index contributed by atoms with van der Waals surface area (Å²) in [5.41, 5.74) is 3.67. The number of benzene rings is 1. The number of amides is 1. The zero-order valence-electron chi connectivity index (χ0n) is 17.2. The Morgan fingerprint density at radius 1 is 1.10 bits per heavy atom. The molecule has 0 bridgehead atoms. The van der Waals surface area contributed by atoms with Crippen LogP contribution in [-0.4, -0.2) is 58.2 Å². The van der Waals surface area contributed by atoms with Gasteiger partial charge in [0.05, 0.1) is 23.0 Å². The lowest BCUT2D eigenvalue weighted by Gasteiger charge is -2.43. The highest BCUT2D eigenvalue weighted by Gasteiger charge is 2.29. The van der Waals surface area contributed by atoms with E-state index in [0.717, 1.165) is 37.3 Å². The number of carbonyl (C=O) groups is 3. The molecular weight excluding hydrogens is 404 g/mol. The Kier molecular flexibility index (Phi) is 6.78. The van der Waals surface area contributed by atoms with Crippen molar-refractivity contribution in [3.63, 3.8) is 0 Å². The topological polar surface area (TPSA) is 145 Å². The van der Waals surface area contributed by atoms with Gasteiger partial charge in [0.1, 0.15) is 6.09 Å². The highest BCUT2D eigenvalue weighted by Crippen LogP contribution is 2.31. The molecule has 1 aromatic carbocycles. The number of anilines is 1. The van der Waals surface area contributed by atoms with Crippen LogP contribution in [0, 0.1) is 0 Å². The van der Waals surface area contributed by atoms with E-state index in [4.69, 9.17) is 4.98 Å². The van der Waals surface area contributed by atoms with Crippen molar-refractivity contribution >= 4 is 35.0 Å². The Labute approximate surface area is 179 Å². The minimum Gasteiger partial charge on any atom is -0.545 e. The van der Waals surface area contributed by atoms with Crippen molar-refractivity contribution in [2.24, 2.45) is 0 Å². The Morgan fingerprint density at radius 3 is 2.42 bits per heavy atom. The fourth-order valence-corrected chi connectivity index (χ4v) is 4.09. The number of aromatic nitrogens is 2. The summed E-state index contributed by atoms with van der Waals surface area (Å²) in [7, 11) is 0. The first-order chi connectivity index (χ1) is 14.8. The predicted octanol–water partition coefficient (Wildman–Crippen LogP) is -1.73. The van der Waals surface area contributed by atoms with Gasteiger partial charge in [-0.05, 0) is 43.0 Å². The molecule has 4 rings (SSSR count). The van der Waals surface area contributed by atoms with Gasteiger partial charge in [-0.25, -0.2) is 4.98 Å². The van der Waals surface area contributed by atoms with E-state index in [0.29, 0.717) is 31.8 Å². The summed E-state index contributed by atoms with van der Waals surface area (Å²) in [5.74, 6) is -2.10. The number of carboxylic acids is 2. The number of rotatable bonds is 4. The molecule has 2 aliphatic heterocycles. The number of nitrogens with zero attached hydrogens (tertiary/aromatic N) is 4. The SMILES string of the molecule is CCC1CN(c2nc3cccc4c3n2CCC4)CCN1C(=O)[O-].O=C([O-])/C=C/C(=O)[O-]. The van der Waals surface area contributed by atoms with Gasteiger partial charge in [0, 0.05) is 32.2 Å². The van der Waals surface area contributed by atoms with Crippen LogP contribution in [0.5, 0.6) is 0 Å². The number of aryl methyl sites for hydroxylation is 2. The number of aliphatic carboxylic acids is 2. The fraction of sp³-hybridized carbons (Fsp3) is 0.429. The molecule has 0 spiro atoms. The number of para-hydroxylation sites is 1. The molecule has 1 atom stereocenters. The standard InChI is InChI=1S/C17H22N4O2.C4H4O4/c1-2-13-11-19(9-10-20(13)17(22)23)16-18-14-7-3-5-12-6-4-8-21(16)15(12)14;5-3(6)1-2-4(7)8/h3,5,7,13H,2,4,6,8-11H2,1H3,(H,22,23);1-2H,(H,5,6)(H,7,8)/p-3/b;2-1+. The van der Waals surface area contributed by atoms with E-state index in [1.54, 1.807) is 0 Å². The second kappa shape index (κ2) is 9.50. The molecule has 10 heteroatoms. The van der Waals surface area contributed by atoms with Crippen LogP contribution in [0.25, 0.3) is 11.0 Å². The maximum absolute atomic E-state index is 11.3. The molecule has 31 heavy (non-hydrogen) atoms. The summed E-state index contributed by atoms with van der Waals surface area (Å²) in [6.45, 7) is 4.85. The van der Waals surface area contributed by atoms with Crippen LogP contribution in [0.2, 0.25) is 0 Å². The van der Waals surface area contributed by atoms with Gasteiger partial charge in [-0.2, -0.15) is 0 Å². The van der Waals surface area contributed by atoms with Crippen molar-refractivity contribution < 1.29 is 29.7 Å². The fourth-order valence-electron chi connectivity index (χ4n) is 4.09. The van der Waals surface area contributed by atoms with E-state index in [2.05, 4.69) is 27.7 Å². The highest BCUT2D eigenvalue weighted by atomic mass is 16.4. The lowest BCUT2D eigenvalue weighted by molar-refractivity contribution is -0.301. The first-order valence-electron chi connectivity index (χ1n) is 10.1. The molecule has 10 nitrogen and oxygen atoms in total. The van der Waals surface area contributed by atoms with Crippen LogP contribution in [-0.2, 0) is 22.6 Å². The lowest BCUT2D eigenvalue weighted by Crippen LogP contribution is -2.58. The number of hydrogen-bond donors (Lipinski definition) is 0. The molecule has 2 aromatic rings. The molecule has 166 valence electrons. The Balaban J connectivity index is 0.000000293. The summed E-state index contributed by atoms with van der Waals surface area (Å²) < 4.78 is 2.32. The van der Waals surface area contributed by atoms with E-state index in [-0.39, 0.29) is 6.04 Å². The Hall–Kier alpha value is -3.56. The van der Waals surface area contributed by atoms with Crippen molar-refractivity contribution in [1.29, 1.82) is 0 Å². The number of imidazole rings is 1. The van der Waals surface area contributed by atoms with Crippen LogP contribution in [0.3, 0.4) is 0 Å². The van der Waals surface area contributed by atoms with Crippen LogP contribution >= 0.6 is 0 Å². The molecule has 0 radical (unpaired) electrons. The molecule has 2 aliphatic rings. The van der Waals surface area contributed by atoms with Gasteiger partial charge in [0.15, 0.2) is 0 Å². The van der Waals surface area contributed by atoms with E-state index in [1.807, 2.05) is 6.92 Å². The maximum atomic E-state index is 11.3. The molecule has 1 amide bonds. The number of carboxylic acid groups (broad SMARTS) is 3. The number of piperazine rings is 1. The third kappa shape index (κ3) is 4.96. The zero-order chi connectivity index (χ0) is 22.5. The van der Waals surface area contributed by atoms with Gasteiger partial charge in [-0.3, -0.25) is 0 Å². The molecule has 1 saturated heterocycles. The Bertz CT molecular complexity index is 999. The van der Waals surface area contributed by atoms with Crippen molar-refractivity contribution in [3.05, 3.63) is 35.9 Å². The maximum Gasteiger partial charge on any atom is 0.206 e. The van der Waals surface area contributed by atoms with E-state index >= 15 is 0 Å². The van der Waals surface area contributed by atoms with Gasteiger partial charge in [-0.1, -0.05) is 19.1 Å². The van der Waals surface area contributed by atoms with Crippen LogP contribution in [0.15, 0.2) is 30.4 Å². The number of hydrogen-bond acceptors (Lipinski definition) is 8. The summed E-state index contributed by atoms with van der Waals surface area (Å²) >= 11 is 0. The minimum absolute atomic E-state index is 0.0237.